The summed E-state index contributed by atoms with van der Waals surface area (Å²) in [7, 11) is 1.66. The lowest BCUT2D eigenvalue weighted by atomic mass is 9.80. The molecule has 4 aromatic carbocycles. The van der Waals surface area contributed by atoms with Gasteiger partial charge < -0.3 is 4.74 Å². The lowest BCUT2D eigenvalue weighted by Crippen LogP contribution is -2.08. The molecule has 1 fully saturated rings. The first-order chi connectivity index (χ1) is 20.0. The molecule has 0 N–H and O–H groups in total. The van der Waals surface area contributed by atoms with E-state index in [-0.39, 0.29) is 0 Å². The summed E-state index contributed by atoms with van der Waals surface area (Å²) >= 11 is 6.14. The number of nitrogens with zero attached hydrogens (tertiary/aromatic N) is 2. The summed E-state index contributed by atoms with van der Waals surface area (Å²) in [6.07, 6.45) is 5.72. The molecule has 0 spiro atoms. The van der Waals surface area contributed by atoms with Crippen LogP contribution in [0.1, 0.15) is 53.9 Å². The highest BCUT2D eigenvalue weighted by Crippen LogP contribution is 2.40. The largest absolute Gasteiger partial charge is 0.497 e. The van der Waals surface area contributed by atoms with E-state index in [4.69, 9.17) is 21.3 Å². The number of carbonyl (C=O) groups excluding carboxylic acids is 1. The van der Waals surface area contributed by atoms with Crippen LogP contribution in [0, 0.1) is 4.91 Å². The fraction of sp³-hybridized carbons (Fsp3) is 0.200. The molecule has 5 nitrogen and oxygen atoms in total. The first-order valence-corrected chi connectivity index (χ1v) is 14.3. The van der Waals surface area contributed by atoms with E-state index in [1.807, 2.05) is 66.7 Å². The van der Waals surface area contributed by atoms with Crippen molar-refractivity contribution in [2.24, 2.45) is 5.18 Å². The van der Waals surface area contributed by atoms with E-state index in [0.717, 1.165) is 68.6 Å². The van der Waals surface area contributed by atoms with Crippen LogP contribution < -0.4 is 4.74 Å². The Kier molecular flexibility index (Phi) is 7.62. The molecule has 204 valence electrons. The number of hydrogen-bond acceptors (Lipinski definition) is 4. The lowest BCUT2D eigenvalue weighted by Gasteiger charge is -2.25. The molecule has 0 aliphatic heterocycles. The molecule has 1 aliphatic rings. The third-order valence-corrected chi connectivity index (χ3v) is 8.34. The van der Waals surface area contributed by atoms with Gasteiger partial charge >= 0.3 is 5.91 Å². The van der Waals surface area contributed by atoms with Crippen LogP contribution in [0.4, 0.5) is 0 Å². The first kappa shape index (κ1) is 26.9. The number of carbonyl (C=O) groups is 1. The molecule has 41 heavy (non-hydrogen) atoms. The van der Waals surface area contributed by atoms with Crippen molar-refractivity contribution in [3.05, 3.63) is 112 Å². The highest BCUT2D eigenvalue weighted by Gasteiger charge is 2.21. The summed E-state index contributed by atoms with van der Waals surface area (Å²) < 4.78 is 5.54. The van der Waals surface area contributed by atoms with E-state index in [0.29, 0.717) is 16.5 Å². The summed E-state index contributed by atoms with van der Waals surface area (Å²) in [6, 6.07) is 29.8. The van der Waals surface area contributed by atoms with Crippen LogP contribution in [0.2, 0.25) is 5.02 Å². The van der Waals surface area contributed by atoms with E-state index in [1.165, 1.54) is 19.3 Å². The van der Waals surface area contributed by atoms with Gasteiger partial charge in [-0.2, -0.15) is 0 Å². The van der Waals surface area contributed by atoms with Crippen molar-refractivity contribution in [2.45, 2.75) is 38.0 Å². The number of nitroso groups, excluding NO2 is 1. The van der Waals surface area contributed by atoms with Crippen molar-refractivity contribution in [3.63, 3.8) is 0 Å². The van der Waals surface area contributed by atoms with Crippen molar-refractivity contribution in [3.8, 4) is 39.3 Å². The maximum absolute atomic E-state index is 12.1. The topological polar surface area (TPSA) is 68.6 Å². The molecule has 6 heteroatoms. The van der Waals surface area contributed by atoms with E-state index in [9.17, 15) is 9.70 Å². The molecule has 1 amide bonds. The number of ether oxygens (including phenoxy) is 1. The molecule has 6 rings (SSSR count). The highest BCUT2D eigenvalue weighted by molar-refractivity contribution is 6.30. The van der Waals surface area contributed by atoms with Crippen LogP contribution in [-0.4, -0.2) is 18.0 Å². The molecule has 1 aromatic heterocycles. The fourth-order valence-electron chi connectivity index (χ4n) is 5.95. The Bertz CT molecular complexity index is 1760. The zero-order valence-electron chi connectivity index (χ0n) is 22.8. The minimum atomic E-state index is -0.723. The summed E-state index contributed by atoms with van der Waals surface area (Å²) in [5.74, 6) is 0.393. The van der Waals surface area contributed by atoms with Crippen LogP contribution in [0.25, 0.3) is 44.4 Å². The van der Waals surface area contributed by atoms with Gasteiger partial charge in [-0.3, -0.25) is 4.79 Å². The standard InChI is InChI=1S/C35H29ClN2O3/c1-41-28-14-16-29(23-7-12-27(36)13-8-23)32(21-28)34-18-11-25-19-24(10-17-33(25)37-34)30-15-9-26(35(39)38-40)20-31(30)22-5-3-2-4-6-22/h7-22H,2-6H2,1H3. The second-order valence-electron chi connectivity index (χ2n) is 10.6. The summed E-state index contributed by atoms with van der Waals surface area (Å²) in [5.41, 5.74) is 8.42. The monoisotopic (exact) mass is 560 g/mol. The molecule has 0 saturated heterocycles. The Labute approximate surface area is 244 Å². The average Bonchev–Trinajstić information content (AvgIpc) is 3.04. The average molecular weight is 561 g/mol. The van der Waals surface area contributed by atoms with Gasteiger partial charge in [-0.05, 0) is 101 Å². The Hall–Kier alpha value is -4.35. The van der Waals surface area contributed by atoms with Gasteiger partial charge in [0.05, 0.1) is 18.3 Å². The van der Waals surface area contributed by atoms with Crippen LogP contribution in [0.3, 0.4) is 0 Å². The number of rotatable bonds is 6. The van der Waals surface area contributed by atoms with Crippen LogP contribution >= 0.6 is 11.6 Å². The van der Waals surface area contributed by atoms with Gasteiger partial charge in [-0.1, -0.05) is 67.3 Å². The lowest BCUT2D eigenvalue weighted by molar-refractivity contribution is 0.100. The van der Waals surface area contributed by atoms with Gasteiger partial charge in [-0.15, -0.1) is 4.91 Å². The second-order valence-corrected chi connectivity index (χ2v) is 11.0. The number of hydrogen-bond donors (Lipinski definition) is 0. The minimum Gasteiger partial charge on any atom is -0.497 e. The molecule has 0 unspecified atom stereocenters. The molecular weight excluding hydrogens is 532 g/mol. The molecule has 0 radical (unpaired) electrons. The Morgan fingerprint density at radius 3 is 2.32 bits per heavy atom. The molecule has 1 heterocycles. The number of benzene rings is 4. The summed E-state index contributed by atoms with van der Waals surface area (Å²) in [4.78, 5) is 28.1. The van der Waals surface area contributed by atoms with Crippen LogP contribution in [0.5, 0.6) is 5.75 Å². The van der Waals surface area contributed by atoms with Gasteiger partial charge in [0.25, 0.3) is 0 Å². The number of pyridine rings is 1. The van der Waals surface area contributed by atoms with Crippen LogP contribution in [-0.2, 0) is 0 Å². The maximum Gasteiger partial charge on any atom is 0.316 e. The number of amides is 1. The van der Waals surface area contributed by atoms with E-state index in [2.05, 4.69) is 23.4 Å². The van der Waals surface area contributed by atoms with Gasteiger partial charge in [0.1, 0.15) is 5.75 Å². The number of fused-ring (bicyclic) bond motifs is 1. The van der Waals surface area contributed by atoms with Crippen molar-refractivity contribution in [1.29, 1.82) is 0 Å². The van der Waals surface area contributed by atoms with Crippen LogP contribution in [0.15, 0.2) is 96.2 Å². The first-order valence-electron chi connectivity index (χ1n) is 13.9. The molecule has 0 atom stereocenters. The van der Waals surface area contributed by atoms with Crippen molar-refractivity contribution in [2.75, 3.05) is 7.11 Å². The van der Waals surface area contributed by atoms with E-state index >= 15 is 0 Å². The predicted molar refractivity (Wildman–Crippen MR) is 166 cm³/mol. The summed E-state index contributed by atoms with van der Waals surface area (Å²) in [5, 5.41) is 4.36. The molecule has 5 aromatic rings. The van der Waals surface area contributed by atoms with Gasteiger partial charge in [-0.25, -0.2) is 4.98 Å². The van der Waals surface area contributed by atoms with E-state index in [1.54, 1.807) is 13.2 Å². The zero-order valence-corrected chi connectivity index (χ0v) is 23.5. The van der Waals surface area contributed by atoms with Crippen molar-refractivity contribution >= 4 is 28.4 Å². The number of aromatic nitrogens is 1. The van der Waals surface area contributed by atoms with E-state index < -0.39 is 5.91 Å². The fourth-order valence-corrected chi connectivity index (χ4v) is 6.08. The predicted octanol–water partition coefficient (Wildman–Crippen LogP) is 9.85. The quantitative estimate of drug-likeness (QED) is 0.194. The van der Waals surface area contributed by atoms with Gasteiger partial charge in [0, 0.05) is 26.7 Å². The van der Waals surface area contributed by atoms with Crippen molar-refractivity contribution < 1.29 is 9.53 Å². The number of methoxy groups -OCH3 is 1. The molecule has 1 saturated carbocycles. The second kappa shape index (κ2) is 11.6. The SMILES string of the molecule is COc1ccc(-c2ccc(Cl)cc2)c(-c2ccc3cc(-c4ccc(C(=O)N=O)cc4C4CCCCC4)ccc3n2)c1. The minimum absolute atomic E-state index is 0.353. The Balaban J connectivity index is 1.42. The highest BCUT2D eigenvalue weighted by atomic mass is 35.5. The molecule has 0 bridgehead atoms. The Morgan fingerprint density at radius 2 is 1.56 bits per heavy atom. The molecule has 1 aliphatic carbocycles. The maximum atomic E-state index is 12.1. The zero-order chi connectivity index (χ0) is 28.3. The Morgan fingerprint density at radius 1 is 0.805 bits per heavy atom. The summed E-state index contributed by atoms with van der Waals surface area (Å²) in [6.45, 7) is 0. The molecular formula is C35H29ClN2O3. The third-order valence-electron chi connectivity index (χ3n) is 8.08. The third kappa shape index (κ3) is 5.50. The van der Waals surface area contributed by atoms with Gasteiger partial charge in [0.15, 0.2) is 0 Å². The smallest absolute Gasteiger partial charge is 0.316 e. The van der Waals surface area contributed by atoms with Crippen molar-refractivity contribution in [1.82, 2.24) is 4.98 Å². The normalized spacial score (nSPS) is 13.7. The van der Waals surface area contributed by atoms with Gasteiger partial charge in [0.2, 0.25) is 0 Å². The number of halogens is 1.